The second-order valence-corrected chi connectivity index (χ2v) is 7.34. The first kappa shape index (κ1) is 16.4. The highest BCUT2D eigenvalue weighted by molar-refractivity contribution is 5.21. The Balaban J connectivity index is 1.36. The van der Waals surface area contributed by atoms with Gasteiger partial charge in [-0.05, 0) is 24.6 Å². The Morgan fingerprint density at radius 2 is 2.00 bits per heavy atom. The standard InChI is InChI=1S/C20H24N2O3/c23-17(14-25-18-5-2-1-3-6-18)13-21-10-15-9-16(12-21)19-7-4-8-20(24)22(19)11-15/h1-8,15-17,23H,9-14H2/p+1/t15-,16+,17+/m0/s1. The number of aliphatic hydroxyl groups is 1. The quantitative estimate of drug-likeness (QED) is 0.822. The molecule has 4 rings (SSSR count). The second kappa shape index (κ2) is 7.02. The van der Waals surface area contributed by atoms with Crippen LogP contribution in [0.1, 0.15) is 18.0 Å². The monoisotopic (exact) mass is 341 g/mol. The second-order valence-electron chi connectivity index (χ2n) is 7.34. The van der Waals surface area contributed by atoms with Crippen LogP contribution in [-0.4, -0.2) is 42.0 Å². The Morgan fingerprint density at radius 1 is 1.16 bits per heavy atom. The molecule has 3 heterocycles. The first-order valence-electron chi connectivity index (χ1n) is 9.08. The van der Waals surface area contributed by atoms with Crippen molar-refractivity contribution in [3.8, 4) is 5.75 Å². The Kier molecular flexibility index (Phi) is 4.59. The predicted octanol–water partition coefficient (Wildman–Crippen LogP) is 0.290. The van der Waals surface area contributed by atoms with Crippen LogP contribution in [0.25, 0.3) is 0 Å². The first-order valence-corrected chi connectivity index (χ1v) is 9.08. The molecule has 25 heavy (non-hydrogen) atoms. The molecule has 1 saturated heterocycles. The van der Waals surface area contributed by atoms with Crippen molar-refractivity contribution in [2.24, 2.45) is 5.92 Å². The fourth-order valence-corrected chi connectivity index (χ4v) is 4.39. The number of fused-ring (bicyclic) bond motifs is 4. The van der Waals surface area contributed by atoms with E-state index in [1.165, 1.54) is 4.90 Å². The molecule has 5 heteroatoms. The van der Waals surface area contributed by atoms with Crippen LogP contribution in [0.2, 0.25) is 0 Å². The molecule has 0 spiro atoms. The Hall–Kier alpha value is -2.11. The Morgan fingerprint density at radius 3 is 2.84 bits per heavy atom. The summed E-state index contributed by atoms with van der Waals surface area (Å²) in [6, 6.07) is 15.2. The highest BCUT2D eigenvalue weighted by atomic mass is 16.5. The zero-order chi connectivity index (χ0) is 17.2. The normalized spacial score (nSPS) is 25.9. The maximum atomic E-state index is 12.1. The number of rotatable bonds is 5. The molecule has 1 aromatic carbocycles. The van der Waals surface area contributed by atoms with E-state index in [9.17, 15) is 9.90 Å². The Labute approximate surface area is 147 Å². The topological polar surface area (TPSA) is 55.9 Å². The van der Waals surface area contributed by atoms with Gasteiger partial charge in [0.25, 0.3) is 5.56 Å². The fourth-order valence-electron chi connectivity index (χ4n) is 4.39. The molecule has 4 atom stereocenters. The van der Waals surface area contributed by atoms with E-state index in [-0.39, 0.29) is 5.56 Å². The van der Waals surface area contributed by atoms with Crippen molar-refractivity contribution in [2.75, 3.05) is 26.2 Å². The van der Waals surface area contributed by atoms with E-state index in [1.807, 2.05) is 41.0 Å². The van der Waals surface area contributed by atoms with Gasteiger partial charge in [0.2, 0.25) is 0 Å². The van der Waals surface area contributed by atoms with Crippen molar-refractivity contribution in [3.05, 3.63) is 64.6 Å². The summed E-state index contributed by atoms with van der Waals surface area (Å²) in [5, 5.41) is 10.4. The number of aliphatic hydroxyl groups excluding tert-OH is 1. The third-order valence-electron chi connectivity index (χ3n) is 5.38. The molecule has 0 amide bonds. The molecule has 132 valence electrons. The number of nitrogens with zero attached hydrogens (tertiary/aromatic N) is 1. The fraction of sp³-hybridized carbons (Fsp3) is 0.450. The van der Waals surface area contributed by atoms with E-state index in [4.69, 9.17) is 4.74 Å². The molecular weight excluding hydrogens is 316 g/mol. The van der Waals surface area contributed by atoms with E-state index < -0.39 is 6.10 Å². The minimum Gasteiger partial charge on any atom is -0.491 e. The largest absolute Gasteiger partial charge is 0.491 e. The van der Waals surface area contributed by atoms with Gasteiger partial charge in [-0.25, -0.2) is 0 Å². The lowest BCUT2D eigenvalue weighted by atomic mass is 9.83. The molecule has 1 unspecified atom stereocenters. The van der Waals surface area contributed by atoms with Crippen LogP contribution in [0.15, 0.2) is 53.3 Å². The van der Waals surface area contributed by atoms with Gasteiger partial charge in [-0.3, -0.25) is 4.79 Å². The van der Waals surface area contributed by atoms with Crippen molar-refractivity contribution >= 4 is 0 Å². The van der Waals surface area contributed by atoms with Gasteiger partial charge >= 0.3 is 0 Å². The maximum Gasteiger partial charge on any atom is 0.250 e. The van der Waals surface area contributed by atoms with Crippen LogP contribution in [0, 0.1) is 5.92 Å². The van der Waals surface area contributed by atoms with Crippen LogP contribution in [-0.2, 0) is 6.54 Å². The van der Waals surface area contributed by atoms with Crippen LogP contribution >= 0.6 is 0 Å². The van der Waals surface area contributed by atoms with E-state index in [0.717, 1.165) is 37.5 Å². The summed E-state index contributed by atoms with van der Waals surface area (Å²) in [5.41, 5.74) is 1.28. The number of pyridine rings is 1. The zero-order valence-electron chi connectivity index (χ0n) is 14.3. The van der Waals surface area contributed by atoms with Crippen molar-refractivity contribution in [1.82, 2.24) is 4.57 Å². The van der Waals surface area contributed by atoms with Crippen LogP contribution in [0.4, 0.5) is 0 Å². The maximum absolute atomic E-state index is 12.1. The number of para-hydroxylation sites is 1. The van der Waals surface area contributed by atoms with Crippen molar-refractivity contribution in [1.29, 1.82) is 0 Å². The number of likely N-dealkylation sites (tertiary alicyclic amines) is 1. The summed E-state index contributed by atoms with van der Waals surface area (Å²) >= 11 is 0. The van der Waals surface area contributed by atoms with E-state index in [2.05, 4.69) is 6.07 Å². The molecule has 2 aliphatic heterocycles. The van der Waals surface area contributed by atoms with Gasteiger partial charge in [-0.1, -0.05) is 24.3 Å². The molecule has 0 saturated carbocycles. The SMILES string of the molecule is O=c1cccc2n1C[C@H]1C[C@@H]2C[NH+](C[C@@H](O)COc2ccccc2)C1. The molecule has 1 fully saturated rings. The average Bonchev–Trinajstić information content (AvgIpc) is 2.62. The van der Waals surface area contributed by atoms with E-state index in [0.29, 0.717) is 25.0 Å². The number of hydrogen-bond donors (Lipinski definition) is 2. The van der Waals surface area contributed by atoms with Gasteiger partial charge in [0.15, 0.2) is 0 Å². The van der Waals surface area contributed by atoms with Crippen LogP contribution in [0.5, 0.6) is 5.75 Å². The third kappa shape index (κ3) is 3.62. The van der Waals surface area contributed by atoms with Crippen LogP contribution in [0.3, 0.4) is 0 Å². The van der Waals surface area contributed by atoms with E-state index >= 15 is 0 Å². The number of aromatic nitrogens is 1. The van der Waals surface area contributed by atoms with Gasteiger partial charge in [-0.2, -0.15) is 0 Å². The number of hydrogen-bond acceptors (Lipinski definition) is 3. The van der Waals surface area contributed by atoms with Gasteiger partial charge in [0.05, 0.1) is 13.1 Å². The van der Waals surface area contributed by atoms with Crippen molar-refractivity contribution < 1.29 is 14.7 Å². The molecule has 2 bridgehead atoms. The lowest BCUT2D eigenvalue weighted by Crippen LogP contribution is -3.15. The zero-order valence-corrected chi connectivity index (χ0v) is 14.3. The first-order chi connectivity index (χ1) is 12.2. The van der Waals surface area contributed by atoms with Crippen molar-refractivity contribution in [2.45, 2.75) is 25.0 Å². The smallest absolute Gasteiger partial charge is 0.250 e. The Bertz CT molecular complexity index is 774. The summed E-state index contributed by atoms with van der Waals surface area (Å²) < 4.78 is 7.62. The minimum atomic E-state index is -0.480. The highest BCUT2D eigenvalue weighted by Gasteiger charge is 2.37. The highest BCUT2D eigenvalue weighted by Crippen LogP contribution is 2.29. The predicted molar refractivity (Wildman–Crippen MR) is 95.1 cm³/mol. The van der Waals surface area contributed by atoms with E-state index in [1.54, 1.807) is 6.07 Å². The summed E-state index contributed by atoms with van der Waals surface area (Å²) in [4.78, 5) is 13.5. The lowest BCUT2D eigenvalue weighted by molar-refractivity contribution is -0.914. The molecule has 0 aliphatic carbocycles. The van der Waals surface area contributed by atoms with Crippen molar-refractivity contribution in [3.63, 3.8) is 0 Å². The van der Waals surface area contributed by atoms with Crippen LogP contribution < -0.4 is 15.2 Å². The summed E-state index contributed by atoms with van der Waals surface area (Å²) in [7, 11) is 0. The number of nitrogens with one attached hydrogen (secondary N) is 1. The van der Waals surface area contributed by atoms with Gasteiger partial charge in [0, 0.05) is 30.1 Å². The molecule has 5 nitrogen and oxygen atoms in total. The van der Waals surface area contributed by atoms with Gasteiger partial charge < -0.3 is 19.3 Å². The number of piperidine rings is 1. The van der Waals surface area contributed by atoms with Gasteiger partial charge in [-0.15, -0.1) is 0 Å². The molecule has 1 aromatic heterocycles. The summed E-state index contributed by atoms with van der Waals surface area (Å²) in [6.07, 6.45) is 0.677. The minimum absolute atomic E-state index is 0.118. The third-order valence-corrected chi connectivity index (χ3v) is 5.38. The molecule has 2 N–H and O–H groups in total. The molecule has 2 aliphatic rings. The number of quaternary nitrogens is 1. The average molecular weight is 341 g/mol. The lowest BCUT2D eigenvalue weighted by Gasteiger charge is -2.40. The van der Waals surface area contributed by atoms with Gasteiger partial charge in [0.1, 0.15) is 25.0 Å². The molecule has 2 aromatic rings. The number of ether oxygens (including phenoxy) is 1. The number of benzene rings is 1. The summed E-state index contributed by atoms with van der Waals surface area (Å²) in [6.45, 7) is 3.81. The summed E-state index contributed by atoms with van der Waals surface area (Å²) in [5.74, 6) is 1.72. The molecular formula is C20H25N2O3+. The molecule has 0 radical (unpaired) electrons.